The Balaban J connectivity index is 2.19. The molecule has 0 spiro atoms. The molecule has 0 aliphatic carbocycles. The predicted octanol–water partition coefficient (Wildman–Crippen LogP) is 0.403. The topological polar surface area (TPSA) is 134 Å². The zero-order valence-corrected chi connectivity index (χ0v) is 9.46. The second-order valence-electron chi connectivity index (χ2n) is 3.42. The maximum Gasteiger partial charge on any atom is 0.461 e. The first-order valence-electron chi connectivity index (χ1n) is 5.02. The highest BCUT2D eigenvalue weighted by molar-refractivity contribution is 5.79. The summed E-state index contributed by atoms with van der Waals surface area (Å²) in [4.78, 5) is 15.3. The minimum Gasteiger partial charge on any atom is -0.493 e. The van der Waals surface area contributed by atoms with Crippen LogP contribution < -0.4 is 15.6 Å². The van der Waals surface area contributed by atoms with Gasteiger partial charge in [-0.3, -0.25) is 5.21 Å². The molecular weight excluding hydrogens is 256 g/mol. The molecule has 0 aliphatic heterocycles. The van der Waals surface area contributed by atoms with Crippen molar-refractivity contribution < 1.29 is 25.0 Å². The molecule has 0 aromatic carbocycles. The molecular formula is C10H10N4O5. The SMILES string of the molecule is Nc1cccnc1OC(=O)N(O)n1c(O)ccc1O. The molecule has 0 unspecified atom stereocenters. The van der Waals surface area contributed by atoms with Crippen LogP contribution in [0.2, 0.25) is 0 Å². The van der Waals surface area contributed by atoms with Crippen molar-refractivity contribution in [3.8, 4) is 17.6 Å². The third-order valence-corrected chi connectivity index (χ3v) is 2.15. The number of hydrogen-bond donors (Lipinski definition) is 4. The number of nitrogens with zero attached hydrogens (tertiary/aromatic N) is 3. The Hall–Kier alpha value is -2.94. The summed E-state index contributed by atoms with van der Waals surface area (Å²) in [5, 5.41) is 28.0. The number of amides is 1. The zero-order valence-electron chi connectivity index (χ0n) is 9.46. The van der Waals surface area contributed by atoms with E-state index in [2.05, 4.69) is 4.98 Å². The average Bonchev–Trinajstić information content (AvgIpc) is 2.71. The highest BCUT2D eigenvalue weighted by Crippen LogP contribution is 2.22. The lowest BCUT2D eigenvalue weighted by Gasteiger charge is -2.16. The van der Waals surface area contributed by atoms with Crippen molar-refractivity contribution in [3.63, 3.8) is 0 Å². The van der Waals surface area contributed by atoms with Gasteiger partial charge in [0.2, 0.25) is 17.6 Å². The number of aromatic hydroxyl groups is 2. The van der Waals surface area contributed by atoms with Crippen LogP contribution in [-0.2, 0) is 0 Å². The van der Waals surface area contributed by atoms with Gasteiger partial charge in [-0.05, 0) is 12.1 Å². The Bertz CT molecular complexity index is 592. The normalized spacial score (nSPS) is 10.2. The van der Waals surface area contributed by atoms with Crippen molar-refractivity contribution in [1.82, 2.24) is 9.66 Å². The second kappa shape index (κ2) is 4.74. The minimum atomic E-state index is -1.31. The van der Waals surface area contributed by atoms with Crippen LogP contribution in [0, 0.1) is 0 Å². The molecule has 2 aromatic heterocycles. The summed E-state index contributed by atoms with van der Waals surface area (Å²) in [7, 11) is 0. The van der Waals surface area contributed by atoms with Crippen LogP contribution in [0.15, 0.2) is 30.5 Å². The molecule has 2 heterocycles. The molecule has 2 rings (SSSR count). The fourth-order valence-electron chi connectivity index (χ4n) is 1.30. The van der Waals surface area contributed by atoms with E-state index in [0.29, 0.717) is 4.68 Å². The molecule has 5 N–H and O–H groups in total. The van der Waals surface area contributed by atoms with E-state index in [-0.39, 0.29) is 16.7 Å². The lowest BCUT2D eigenvalue weighted by atomic mass is 10.4. The summed E-state index contributed by atoms with van der Waals surface area (Å²) in [6.07, 6.45) is 0.0258. The standard InChI is InChI=1S/C10H10N4O5/c11-6-2-1-5-12-9(6)19-10(17)14(18)13-7(15)3-4-8(13)16/h1-5,15-16,18H,11H2. The maximum atomic E-state index is 11.6. The highest BCUT2D eigenvalue weighted by atomic mass is 16.7. The largest absolute Gasteiger partial charge is 0.493 e. The number of carbonyl (C=O) groups excluding carboxylic acids is 1. The van der Waals surface area contributed by atoms with Gasteiger partial charge in [-0.15, -0.1) is 0 Å². The molecule has 9 nitrogen and oxygen atoms in total. The zero-order chi connectivity index (χ0) is 14.0. The molecule has 0 saturated heterocycles. The van der Waals surface area contributed by atoms with Crippen LogP contribution in [0.1, 0.15) is 0 Å². The summed E-state index contributed by atoms with van der Waals surface area (Å²) in [5.41, 5.74) is 5.59. The fraction of sp³-hybridized carbons (Fsp3) is 0. The van der Waals surface area contributed by atoms with E-state index in [1.54, 1.807) is 0 Å². The lowest BCUT2D eigenvalue weighted by molar-refractivity contribution is 0.121. The molecule has 9 heteroatoms. The summed E-state index contributed by atoms with van der Waals surface area (Å²) in [5.74, 6) is -1.34. The van der Waals surface area contributed by atoms with E-state index < -0.39 is 17.9 Å². The molecule has 1 amide bonds. The van der Waals surface area contributed by atoms with Crippen LogP contribution in [-0.4, -0.2) is 31.2 Å². The van der Waals surface area contributed by atoms with Crippen molar-refractivity contribution >= 4 is 11.8 Å². The van der Waals surface area contributed by atoms with Crippen LogP contribution in [0.4, 0.5) is 10.5 Å². The monoisotopic (exact) mass is 266 g/mol. The number of carbonyl (C=O) groups is 1. The molecule has 2 aromatic rings. The van der Waals surface area contributed by atoms with Crippen LogP contribution in [0.3, 0.4) is 0 Å². The average molecular weight is 266 g/mol. The van der Waals surface area contributed by atoms with Gasteiger partial charge in [0.05, 0.1) is 5.69 Å². The Morgan fingerprint density at radius 2 is 1.95 bits per heavy atom. The van der Waals surface area contributed by atoms with Gasteiger partial charge in [-0.1, -0.05) is 5.17 Å². The first kappa shape index (κ1) is 12.5. The van der Waals surface area contributed by atoms with Gasteiger partial charge in [-0.2, -0.15) is 4.68 Å². The van der Waals surface area contributed by atoms with E-state index in [4.69, 9.17) is 10.5 Å². The molecule has 0 radical (unpaired) electrons. The van der Waals surface area contributed by atoms with Gasteiger partial charge in [0.1, 0.15) is 0 Å². The smallest absolute Gasteiger partial charge is 0.461 e. The van der Waals surface area contributed by atoms with Crippen molar-refractivity contribution in [3.05, 3.63) is 30.5 Å². The van der Waals surface area contributed by atoms with Gasteiger partial charge in [0.15, 0.2) is 0 Å². The molecule has 19 heavy (non-hydrogen) atoms. The summed E-state index contributed by atoms with van der Waals surface area (Å²) in [6.45, 7) is 0. The summed E-state index contributed by atoms with van der Waals surface area (Å²) >= 11 is 0. The van der Waals surface area contributed by atoms with Crippen LogP contribution >= 0.6 is 0 Å². The van der Waals surface area contributed by atoms with E-state index in [1.807, 2.05) is 0 Å². The number of anilines is 1. The number of nitrogens with two attached hydrogens (primary N) is 1. The Morgan fingerprint density at radius 3 is 2.53 bits per heavy atom. The van der Waals surface area contributed by atoms with Crippen LogP contribution in [0.25, 0.3) is 0 Å². The second-order valence-corrected chi connectivity index (χ2v) is 3.42. The maximum absolute atomic E-state index is 11.6. The number of rotatable bonds is 2. The third kappa shape index (κ3) is 2.35. The molecule has 0 aliphatic rings. The Kier molecular flexibility index (Phi) is 3.12. The van der Waals surface area contributed by atoms with Gasteiger partial charge in [0.25, 0.3) is 0 Å². The lowest BCUT2D eigenvalue weighted by Crippen LogP contribution is -2.39. The summed E-state index contributed by atoms with van der Waals surface area (Å²) in [6, 6.07) is 5.12. The van der Waals surface area contributed by atoms with Crippen molar-refractivity contribution in [2.75, 3.05) is 10.9 Å². The van der Waals surface area contributed by atoms with E-state index >= 15 is 0 Å². The number of pyridine rings is 1. The van der Waals surface area contributed by atoms with E-state index in [1.165, 1.54) is 18.3 Å². The number of ether oxygens (including phenoxy) is 1. The number of nitrogen functional groups attached to an aromatic ring is 1. The number of aromatic nitrogens is 2. The Labute approximate surface area is 106 Å². The first-order chi connectivity index (χ1) is 9.00. The van der Waals surface area contributed by atoms with Crippen molar-refractivity contribution in [2.24, 2.45) is 0 Å². The first-order valence-corrected chi connectivity index (χ1v) is 5.02. The number of hydroxylamine groups is 1. The van der Waals surface area contributed by atoms with Gasteiger partial charge in [0, 0.05) is 18.3 Å². The van der Waals surface area contributed by atoms with Crippen molar-refractivity contribution in [2.45, 2.75) is 0 Å². The molecule has 0 atom stereocenters. The number of hydrogen-bond acceptors (Lipinski definition) is 7. The van der Waals surface area contributed by atoms with Crippen molar-refractivity contribution in [1.29, 1.82) is 0 Å². The fourth-order valence-corrected chi connectivity index (χ4v) is 1.30. The van der Waals surface area contributed by atoms with Gasteiger partial charge < -0.3 is 20.7 Å². The minimum absolute atomic E-state index is 0.0881. The van der Waals surface area contributed by atoms with Gasteiger partial charge >= 0.3 is 6.09 Å². The Morgan fingerprint density at radius 1 is 1.32 bits per heavy atom. The quantitative estimate of drug-likeness (QED) is 0.456. The predicted molar refractivity (Wildman–Crippen MR) is 62.4 cm³/mol. The van der Waals surface area contributed by atoms with E-state index in [0.717, 1.165) is 12.1 Å². The highest BCUT2D eigenvalue weighted by Gasteiger charge is 2.22. The van der Waals surface area contributed by atoms with Gasteiger partial charge in [-0.25, -0.2) is 9.78 Å². The third-order valence-electron chi connectivity index (χ3n) is 2.15. The summed E-state index contributed by atoms with van der Waals surface area (Å²) < 4.78 is 5.12. The molecule has 0 bridgehead atoms. The van der Waals surface area contributed by atoms with Crippen LogP contribution in [0.5, 0.6) is 17.6 Å². The molecule has 0 saturated carbocycles. The molecule has 0 fully saturated rings. The molecule has 100 valence electrons. The van der Waals surface area contributed by atoms with E-state index in [9.17, 15) is 20.2 Å².